The molecule has 5 aromatic heterocycles. The zero-order chi connectivity index (χ0) is 48.2. The molecule has 6 N–H and O–H groups in total. The van der Waals surface area contributed by atoms with E-state index < -0.39 is 0 Å². The van der Waals surface area contributed by atoms with Crippen LogP contribution in [-0.4, -0.2) is 68.3 Å². The number of anilines is 4. The molecule has 0 aliphatic carbocycles. The number of imidazole rings is 2. The van der Waals surface area contributed by atoms with Crippen LogP contribution in [0.3, 0.4) is 0 Å². The largest absolute Gasteiger partial charge is 0.493 e. The van der Waals surface area contributed by atoms with E-state index in [1.54, 1.807) is 7.11 Å². The minimum absolute atomic E-state index is 0.160. The number of nitrogen functional groups attached to an aromatic ring is 2. The molecular formula is C55H48FN11O4. The SMILES string of the molecule is COc1cc2nccc(N3CCOc4ccc(-c5cnc6nc(N)[nH]c6c5)cc4C3)c2cc1OCc1cc(N2CCOc3ccc(-c4ccc5nc(N)[nH]c5c4)cc3C2)c(Cc2ccc(F)cc2)c(C)n1. The number of benzene rings is 5. The number of nitrogens with two attached hydrogens (primary N) is 2. The number of nitrogens with one attached hydrogen (secondary N) is 2. The van der Waals surface area contributed by atoms with Crippen LogP contribution in [0.15, 0.2) is 122 Å². The third kappa shape index (κ3) is 8.53. The molecule has 71 heavy (non-hydrogen) atoms. The summed E-state index contributed by atoms with van der Waals surface area (Å²) >= 11 is 0. The maximum atomic E-state index is 14.1. The number of fused-ring (bicyclic) bond motifs is 5. The summed E-state index contributed by atoms with van der Waals surface area (Å²) in [5, 5.41) is 0.907. The van der Waals surface area contributed by atoms with Crippen molar-refractivity contribution < 1.29 is 23.3 Å². The fourth-order valence-corrected chi connectivity index (χ4v) is 9.81. The van der Waals surface area contributed by atoms with Gasteiger partial charge in [-0.15, -0.1) is 0 Å². The number of aromatic amines is 2. The van der Waals surface area contributed by atoms with Gasteiger partial charge >= 0.3 is 0 Å². The molecule has 0 radical (unpaired) electrons. The number of hydrogen-bond donors (Lipinski definition) is 4. The van der Waals surface area contributed by atoms with Gasteiger partial charge in [-0.05, 0) is 102 Å². The Bertz CT molecular complexity index is 3670. The summed E-state index contributed by atoms with van der Waals surface area (Å²) in [5.74, 6) is 3.22. The van der Waals surface area contributed by atoms with E-state index in [4.69, 9.17) is 40.4 Å². The highest BCUT2D eigenvalue weighted by Crippen LogP contribution is 2.40. The molecule has 12 rings (SSSR count). The number of H-pyrrole nitrogens is 2. The number of nitrogens with zero attached hydrogens (tertiary/aromatic N) is 7. The summed E-state index contributed by atoms with van der Waals surface area (Å²) in [7, 11) is 1.63. The van der Waals surface area contributed by atoms with E-state index in [0.29, 0.717) is 74.9 Å². The quantitative estimate of drug-likeness (QED) is 0.101. The molecule has 5 aromatic carbocycles. The van der Waals surface area contributed by atoms with Gasteiger partial charge in [0.1, 0.15) is 37.1 Å². The average molecular weight is 946 g/mol. The summed E-state index contributed by atoms with van der Waals surface area (Å²) in [5.41, 5.74) is 27.4. The summed E-state index contributed by atoms with van der Waals surface area (Å²) < 4.78 is 39.4. The normalized spacial score (nSPS) is 13.6. The molecule has 2 aliphatic rings. The van der Waals surface area contributed by atoms with Crippen LogP contribution in [0.4, 0.5) is 27.7 Å². The van der Waals surface area contributed by atoms with E-state index in [9.17, 15) is 4.39 Å². The van der Waals surface area contributed by atoms with E-state index in [1.807, 2.05) is 80.0 Å². The Kier molecular flexibility index (Phi) is 10.9. The van der Waals surface area contributed by atoms with Crippen molar-refractivity contribution in [3.8, 4) is 45.3 Å². The van der Waals surface area contributed by atoms with E-state index in [0.717, 1.165) is 106 Å². The van der Waals surface area contributed by atoms with Gasteiger partial charge in [0, 0.05) is 82.7 Å². The van der Waals surface area contributed by atoms with Gasteiger partial charge in [-0.3, -0.25) is 9.97 Å². The van der Waals surface area contributed by atoms with Gasteiger partial charge in [-0.2, -0.15) is 4.98 Å². The fraction of sp³-hybridized carbons (Fsp3) is 0.182. The maximum absolute atomic E-state index is 14.1. The first-order valence-corrected chi connectivity index (χ1v) is 23.4. The minimum Gasteiger partial charge on any atom is -0.493 e. The molecule has 0 saturated heterocycles. The summed E-state index contributed by atoms with van der Waals surface area (Å²) in [4.78, 5) is 33.9. The Labute approximate surface area is 407 Å². The van der Waals surface area contributed by atoms with Gasteiger partial charge in [-0.25, -0.2) is 14.4 Å². The molecule has 0 saturated carbocycles. The number of hydrogen-bond acceptors (Lipinski definition) is 13. The molecule has 0 atom stereocenters. The van der Waals surface area contributed by atoms with Crippen LogP contribution in [0.5, 0.6) is 23.0 Å². The lowest BCUT2D eigenvalue weighted by Crippen LogP contribution is -2.27. The van der Waals surface area contributed by atoms with Gasteiger partial charge < -0.3 is 50.2 Å². The average Bonchev–Trinajstić information content (AvgIpc) is 3.77. The minimum atomic E-state index is -0.277. The summed E-state index contributed by atoms with van der Waals surface area (Å²) in [6.45, 7) is 5.60. The Morgan fingerprint density at radius 3 is 2.10 bits per heavy atom. The Balaban J connectivity index is 0.852. The van der Waals surface area contributed by atoms with Gasteiger partial charge in [0.25, 0.3) is 0 Å². The van der Waals surface area contributed by atoms with Crippen LogP contribution >= 0.6 is 0 Å². The number of ether oxygens (including phenoxy) is 4. The molecular weight excluding hydrogens is 898 g/mol. The predicted molar refractivity (Wildman–Crippen MR) is 274 cm³/mol. The molecule has 354 valence electrons. The Hall–Kier alpha value is -8.92. The van der Waals surface area contributed by atoms with Crippen molar-refractivity contribution in [1.82, 2.24) is 34.9 Å². The Morgan fingerprint density at radius 2 is 1.34 bits per heavy atom. The second-order valence-electron chi connectivity index (χ2n) is 17.9. The van der Waals surface area contributed by atoms with Gasteiger partial charge in [-0.1, -0.05) is 30.3 Å². The van der Waals surface area contributed by atoms with Gasteiger partial charge in [0.2, 0.25) is 0 Å². The van der Waals surface area contributed by atoms with Crippen LogP contribution in [0.2, 0.25) is 0 Å². The number of pyridine rings is 3. The molecule has 2 aliphatic heterocycles. The number of aryl methyl sites for hydroxylation is 1. The lowest BCUT2D eigenvalue weighted by molar-refractivity contribution is 0.281. The standard InChI is InChI=1S/C55H48FN11O4/c1-31-41(19-32-3-8-39(56)9-4-32)48(67-16-18-70-49-11-6-33(20-37(49)29-67)35-5-10-43-45(22-35)63-54(57)62-43)24-40(61-31)30-71-52-25-42-44(26-51(52)68-2)59-14-13-47(42)66-15-17-69-50-12-7-34(21-38(50)28-66)36-23-46-53(60-27-36)65-55(58)64-46/h3-14,20-27H,15-19,28-30H2,1-2H3,(H3,57,62,63)(H3,58,60,64,65). The first kappa shape index (κ1) is 43.4. The highest BCUT2D eigenvalue weighted by Gasteiger charge is 2.24. The number of halogens is 1. The molecule has 0 unspecified atom stereocenters. The summed E-state index contributed by atoms with van der Waals surface area (Å²) in [6.07, 6.45) is 4.19. The molecule has 7 heterocycles. The molecule has 16 heteroatoms. The van der Waals surface area contributed by atoms with Crippen molar-refractivity contribution in [3.63, 3.8) is 0 Å². The highest BCUT2D eigenvalue weighted by molar-refractivity contribution is 5.94. The van der Waals surface area contributed by atoms with Crippen molar-refractivity contribution in [3.05, 3.63) is 161 Å². The number of rotatable bonds is 10. The van der Waals surface area contributed by atoms with Crippen LogP contribution in [-0.2, 0) is 26.1 Å². The molecule has 15 nitrogen and oxygen atoms in total. The zero-order valence-corrected chi connectivity index (χ0v) is 39.0. The molecule has 0 spiro atoms. The maximum Gasteiger partial charge on any atom is 0.200 e. The molecule has 0 bridgehead atoms. The predicted octanol–water partition coefficient (Wildman–Crippen LogP) is 9.70. The van der Waals surface area contributed by atoms with Crippen molar-refractivity contribution in [2.45, 2.75) is 33.0 Å². The smallest absolute Gasteiger partial charge is 0.200 e. The van der Waals surface area contributed by atoms with E-state index in [1.165, 1.54) is 12.1 Å². The monoisotopic (exact) mass is 945 g/mol. The topological polar surface area (TPSA) is 191 Å². The molecule has 0 fully saturated rings. The van der Waals surface area contributed by atoms with E-state index >= 15 is 0 Å². The molecule has 10 aromatic rings. The van der Waals surface area contributed by atoms with Crippen LogP contribution in [0.25, 0.3) is 55.4 Å². The van der Waals surface area contributed by atoms with Gasteiger partial charge in [0.05, 0.1) is 48.0 Å². The van der Waals surface area contributed by atoms with Crippen LogP contribution < -0.4 is 40.2 Å². The van der Waals surface area contributed by atoms with Crippen LogP contribution in [0, 0.1) is 12.7 Å². The van der Waals surface area contributed by atoms with E-state index in [-0.39, 0.29) is 12.4 Å². The second kappa shape index (κ2) is 17.9. The lowest BCUT2D eigenvalue weighted by atomic mass is 9.99. The van der Waals surface area contributed by atoms with Crippen molar-refractivity contribution >= 4 is 56.4 Å². The van der Waals surface area contributed by atoms with Gasteiger partial charge in [0.15, 0.2) is 29.0 Å². The highest BCUT2D eigenvalue weighted by atomic mass is 19.1. The second-order valence-corrected chi connectivity index (χ2v) is 17.9. The van der Waals surface area contributed by atoms with Crippen molar-refractivity contribution in [2.24, 2.45) is 0 Å². The zero-order valence-electron chi connectivity index (χ0n) is 39.0. The third-order valence-electron chi connectivity index (χ3n) is 13.3. The number of aromatic nitrogens is 7. The fourth-order valence-electron chi connectivity index (χ4n) is 9.81. The van der Waals surface area contributed by atoms with Crippen molar-refractivity contribution in [2.75, 3.05) is 54.7 Å². The third-order valence-corrected chi connectivity index (χ3v) is 13.3. The van der Waals surface area contributed by atoms with Crippen molar-refractivity contribution in [1.29, 1.82) is 0 Å². The van der Waals surface area contributed by atoms with Crippen LogP contribution in [0.1, 0.15) is 33.6 Å². The molecule has 0 amide bonds. The first-order chi connectivity index (χ1) is 34.7. The lowest BCUT2D eigenvalue weighted by Gasteiger charge is -2.27. The first-order valence-electron chi connectivity index (χ1n) is 23.4. The summed E-state index contributed by atoms with van der Waals surface area (Å²) in [6, 6.07) is 35.4. The van der Waals surface area contributed by atoms with E-state index in [2.05, 4.69) is 71.1 Å². The Morgan fingerprint density at radius 1 is 0.662 bits per heavy atom. The number of methoxy groups -OCH3 is 1.